The number of hydrogen-bond donors (Lipinski definition) is 0. The fourth-order valence-corrected chi connectivity index (χ4v) is 4.90. The first-order valence-electron chi connectivity index (χ1n) is 11.4. The van der Waals surface area contributed by atoms with Gasteiger partial charge in [0.05, 0.1) is 20.8 Å². The van der Waals surface area contributed by atoms with Crippen LogP contribution in [0.25, 0.3) is 0 Å². The smallest absolute Gasteiger partial charge is 0.262 e. The Morgan fingerprint density at radius 2 is 1.62 bits per heavy atom. The summed E-state index contributed by atoms with van der Waals surface area (Å²) in [6.07, 6.45) is 1.78. The van der Waals surface area contributed by atoms with Crippen LogP contribution < -0.4 is 9.47 Å². The van der Waals surface area contributed by atoms with Gasteiger partial charge >= 0.3 is 0 Å². The van der Waals surface area contributed by atoms with Gasteiger partial charge in [-0.3, -0.25) is 9.59 Å². The van der Waals surface area contributed by atoms with Crippen LogP contribution in [0, 0.1) is 6.92 Å². The van der Waals surface area contributed by atoms with Crippen LogP contribution >= 0.6 is 11.3 Å². The molecule has 1 aromatic heterocycles. The van der Waals surface area contributed by atoms with Gasteiger partial charge in [0.15, 0.2) is 0 Å². The lowest BCUT2D eigenvalue weighted by molar-refractivity contribution is -0.133. The molecule has 1 aliphatic carbocycles. The molecular weight excluding hydrogens is 448 g/mol. The molecule has 0 bridgehead atoms. The maximum Gasteiger partial charge on any atom is 0.262 e. The van der Waals surface area contributed by atoms with E-state index in [4.69, 9.17) is 9.47 Å². The molecule has 0 N–H and O–H groups in total. The van der Waals surface area contributed by atoms with E-state index in [0.717, 1.165) is 23.3 Å². The molecule has 1 fully saturated rings. The van der Waals surface area contributed by atoms with Crippen LogP contribution in [-0.4, -0.2) is 48.4 Å². The minimum atomic E-state index is -0.239. The molecule has 2 aromatic carbocycles. The van der Waals surface area contributed by atoms with E-state index in [0.29, 0.717) is 30.2 Å². The van der Waals surface area contributed by atoms with Crippen LogP contribution in [0.1, 0.15) is 39.2 Å². The summed E-state index contributed by atoms with van der Waals surface area (Å²) in [5, 5.41) is 2.05. The lowest BCUT2D eigenvalue weighted by Crippen LogP contribution is -2.43. The maximum atomic E-state index is 13.7. The van der Waals surface area contributed by atoms with E-state index in [2.05, 4.69) is 13.0 Å². The van der Waals surface area contributed by atoms with Gasteiger partial charge in [-0.15, -0.1) is 11.3 Å². The van der Waals surface area contributed by atoms with Crippen molar-refractivity contribution in [2.24, 2.45) is 0 Å². The molecule has 4 rings (SSSR count). The van der Waals surface area contributed by atoms with Gasteiger partial charge in [0.1, 0.15) is 23.6 Å². The van der Waals surface area contributed by atoms with Gasteiger partial charge in [-0.05, 0) is 54.5 Å². The summed E-state index contributed by atoms with van der Waals surface area (Å²) >= 11 is 1.65. The summed E-state index contributed by atoms with van der Waals surface area (Å²) in [4.78, 5) is 32.0. The number of ether oxygens (including phenoxy) is 2. The first-order chi connectivity index (χ1) is 16.5. The lowest BCUT2D eigenvalue weighted by Gasteiger charge is -2.28. The molecule has 0 aliphatic heterocycles. The van der Waals surface area contributed by atoms with Gasteiger partial charge in [0.25, 0.3) is 5.91 Å². The molecule has 2 amide bonds. The Labute approximate surface area is 204 Å². The van der Waals surface area contributed by atoms with Crippen LogP contribution in [0.4, 0.5) is 0 Å². The number of amides is 2. The van der Waals surface area contributed by atoms with Crippen molar-refractivity contribution in [1.29, 1.82) is 0 Å². The number of carbonyl (C=O) groups is 2. The van der Waals surface area contributed by atoms with E-state index in [1.54, 1.807) is 34.4 Å². The number of benzene rings is 2. The number of hydrogen-bond acceptors (Lipinski definition) is 5. The Bertz CT molecular complexity index is 1120. The summed E-state index contributed by atoms with van der Waals surface area (Å²) in [6, 6.07) is 17.3. The van der Waals surface area contributed by atoms with Crippen molar-refractivity contribution in [2.45, 2.75) is 38.9 Å². The quantitative estimate of drug-likeness (QED) is 0.416. The molecule has 1 aliphatic rings. The predicted molar refractivity (Wildman–Crippen MR) is 133 cm³/mol. The Balaban J connectivity index is 1.60. The number of aryl methyl sites for hydroxylation is 1. The van der Waals surface area contributed by atoms with Crippen molar-refractivity contribution < 1.29 is 19.1 Å². The van der Waals surface area contributed by atoms with Crippen molar-refractivity contribution >= 4 is 23.2 Å². The molecule has 1 saturated carbocycles. The number of thiophene rings is 1. The minimum absolute atomic E-state index is 0.0158. The number of carbonyl (C=O) groups excluding carboxylic acids is 2. The van der Waals surface area contributed by atoms with Crippen LogP contribution in [0.15, 0.2) is 60.0 Å². The van der Waals surface area contributed by atoms with Crippen molar-refractivity contribution in [2.75, 3.05) is 20.8 Å². The molecule has 0 radical (unpaired) electrons. The number of rotatable bonds is 10. The summed E-state index contributed by atoms with van der Waals surface area (Å²) in [6.45, 7) is 3.08. The molecule has 0 unspecified atom stereocenters. The second-order valence-corrected chi connectivity index (χ2v) is 9.46. The third kappa shape index (κ3) is 5.42. The highest BCUT2D eigenvalue weighted by molar-refractivity contribution is 7.10. The molecule has 3 aromatic rings. The Morgan fingerprint density at radius 3 is 2.18 bits per heavy atom. The van der Waals surface area contributed by atoms with Gasteiger partial charge in [-0.2, -0.15) is 0 Å². The van der Waals surface area contributed by atoms with Crippen molar-refractivity contribution in [3.8, 4) is 11.5 Å². The van der Waals surface area contributed by atoms with E-state index >= 15 is 0 Å². The second-order valence-electron chi connectivity index (χ2n) is 8.46. The molecule has 7 heteroatoms. The average molecular weight is 479 g/mol. The van der Waals surface area contributed by atoms with E-state index < -0.39 is 0 Å². The zero-order valence-electron chi connectivity index (χ0n) is 19.8. The molecule has 6 nitrogen and oxygen atoms in total. The minimum Gasteiger partial charge on any atom is -0.496 e. The standard InChI is InChI=1S/C27H30N2O4S/c1-19-14-15-34-24(19)17-28(16-20-8-5-4-6-9-20)25(30)18-29(21-12-13-21)27(31)26-22(32-2)10-7-11-23(26)33-3/h4-11,14-15,21H,12-13,16-18H2,1-3H3. The van der Waals surface area contributed by atoms with Gasteiger partial charge < -0.3 is 19.3 Å². The van der Waals surface area contributed by atoms with Gasteiger partial charge in [-0.25, -0.2) is 0 Å². The molecule has 1 heterocycles. The van der Waals surface area contributed by atoms with Gasteiger partial charge in [-0.1, -0.05) is 36.4 Å². The number of nitrogens with zero attached hydrogens (tertiary/aromatic N) is 2. The van der Waals surface area contributed by atoms with Crippen molar-refractivity contribution in [1.82, 2.24) is 9.80 Å². The van der Waals surface area contributed by atoms with Crippen molar-refractivity contribution in [3.05, 3.63) is 81.5 Å². The normalized spacial score (nSPS) is 12.8. The van der Waals surface area contributed by atoms with Gasteiger partial charge in [0.2, 0.25) is 5.91 Å². The van der Waals surface area contributed by atoms with Gasteiger partial charge in [0, 0.05) is 17.5 Å². The molecule has 178 valence electrons. The predicted octanol–water partition coefficient (Wildman–Crippen LogP) is 4.91. The molecule has 0 saturated heterocycles. The van der Waals surface area contributed by atoms with Crippen LogP contribution in [0.3, 0.4) is 0 Å². The zero-order chi connectivity index (χ0) is 24.1. The highest BCUT2D eigenvalue weighted by Crippen LogP contribution is 2.34. The largest absolute Gasteiger partial charge is 0.496 e. The Morgan fingerprint density at radius 1 is 0.941 bits per heavy atom. The topological polar surface area (TPSA) is 59.1 Å². The SMILES string of the molecule is COc1cccc(OC)c1C(=O)N(CC(=O)N(Cc1ccccc1)Cc1sccc1C)C1CC1. The zero-order valence-corrected chi connectivity index (χ0v) is 20.6. The van der Waals surface area contributed by atoms with E-state index in [-0.39, 0.29) is 24.4 Å². The highest BCUT2D eigenvalue weighted by atomic mass is 32.1. The lowest BCUT2D eigenvalue weighted by atomic mass is 10.1. The summed E-state index contributed by atoms with van der Waals surface area (Å²) in [7, 11) is 3.06. The monoisotopic (exact) mass is 478 g/mol. The molecule has 0 spiro atoms. The number of methoxy groups -OCH3 is 2. The fourth-order valence-electron chi connectivity index (χ4n) is 3.98. The Hall–Kier alpha value is -3.32. The molecular formula is C27H30N2O4S. The van der Waals surface area contributed by atoms with Crippen LogP contribution in [0.5, 0.6) is 11.5 Å². The third-order valence-electron chi connectivity index (χ3n) is 6.07. The molecule has 34 heavy (non-hydrogen) atoms. The van der Waals surface area contributed by atoms with Crippen LogP contribution in [0.2, 0.25) is 0 Å². The van der Waals surface area contributed by atoms with E-state index in [1.165, 1.54) is 19.8 Å². The summed E-state index contributed by atoms with van der Waals surface area (Å²) in [5.74, 6) is 0.568. The average Bonchev–Trinajstić information content (AvgIpc) is 3.63. The van der Waals surface area contributed by atoms with Crippen molar-refractivity contribution in [3.63, 3.8) is 0 Å². The fraction of sp³-hybridized carbons (Fsp3) is 0.333. The van der Waals surface area contributed by atoms with E-state index in [9.17, 15) is 9.59 Å². The van der Waals surface area contributed by atoms with Crippen LogP contribution in [-0.2, 0) is 17.9 Å². The van der Waals surface area contributed by atoms with E-state index in [1.807, 2.05) is 40.6 Å². The first-order valence-corrected chi connectivity index (χ1v) is 12.3. The molecule has 0 atom stereocenters. The maximum absolute atomic E-state index is 13.7. The first kappa shape index (κ1) is 23.8. The third-order valence-corrected chi connectivity index (χ3v) is 7.08. The summed E-state index contributed by atoms with van der Waals surface area (Å²) in [5.41, 5.74) is 2.58. The second kappa shape index (κ2) is 10.7. The Kier molecular flexibility index (Phi) is 7.53. The summed E-state index contributed by atoms with van der Waals surface area (Å²) < 4.78 is 10.9. The highest BCUT2D eigenvalue weighted by Gasteiger charge is 2.37.